The molecule has 1 aromatic rings. The summed E-state index contributed by atoms with van der Waals surface area (Å²) in [6.07, 6.45) is 0. The molecule has 1 aromatic heterocycles. The Morgan fingerprint density at radius 2 is 2.57 bits per heavy atom. The number of rotatable bonds is 4. The van der Waals surface area contributed by atoms with Crippen LogP contribution in [-0.4, -0.2) is 29.6 Å². The number of nitrogens with zero attached hydrogens (tertiary/aromatic N) is 2. The molecule has 0 spiro atoms. The van der Waals surface area contributed by atoms with Gasteiger partial charge in [0.1, 0.15) is 6.04 Å². The average molecular weight is 210 g/mol. The molecule has 0 aliphatic carbocycles. The lowest BCUT2D eigenvalue weighted by Crippen LogP contribution is -2.29. The molecular formula is C9H10N2O2S. The number of hydrogen-bond acceptors (Lipinski definition) is 4. The molecule has 0 saturated carbocycles. The lowest BCUT2D eigenvalue weighted by atomic mass is 10.1. The molecule has 1 atom stereocenters. The summed E-state index contributed by atoms with van der Waals surface area (Å²) >= 11 is 1.49. The van der Waals surface area contributed by atoms with Gasteiger partial charge in [-0.1, -0.05) is 0 Å². The van der Waals surface area contributed by atoms with Gasteiger partial charge in [-0.05, 0) is 29.4 Å². The predicted molar refractivity (Wildman–Crippen MR) is 52.9 cm³/mol. The van der Waals surface area contributed by atoms with Crippen LogP contribution in [0.25, 0.3) is 0 Å². The van der Waals surface area contributed by atoms with E-state index in [1.807, 2.05) is 16.8 Å². The van der Waals surface area contributed by atoms with Crippen LogP contribution in [0.3, 0.4) is 0 Å². The summed E-state index contributed by atoms with van der Waals surface area (Å²) in [5.74, 6) is -0.928. The molecule has 14 heavy (non-hydrogen) atoms. The summed E-state index contributed by atoms with van der Waals surface area (Å²) in [5.41, 5.74) is 0.848. The number of hydrogen-bond donors (Lipinski definition) is 1. The van der Waals surface area contributed by atoms with E-state index < -0.39 is 12.0 Å². The van der Waals surface area contributed by atoms with Crippen molar-refractivity contribution in [2.24, 2.45) is 0 Å². The van der Waals surface area contributed by atoms with Gasteiger partial charge in [0.2, 0.25) is 0 Å². The van der Waals surface area contributed by atoms with Crippen LogP contribution in [0.2, 0.25) is 0 Å². The van der Waals surface area contributed by atoms with Gasteiger partial charge in [-0.25, -0.2) is 0 Å². The number of carboxylic acids is 1. The Balaban J connectivity index is 2.73. The maximum Gasteiger partial charge on any atom is 0.317 e. The second-order valence-electron chi connectivity index (χ2n) is 2.90. The van der Waals surface area contributed by atoms with E-state index in [4.69, 9.17) is 10.4 Å². The number of carbonyl (C=O) groups is 1. The maximum atomic E-state index is 10.5. The number of nitriles is 1. The summed E-state index contributed by atoms with van der Waals surface area (Å²) < 4.78 is 0. The molecule has 0 aliphatic rings. The Hall–Kier alpha value is -1.38. The zero-order chi connectivity index (χ0) is 10.6. The van der Waals surface area contributed by atoms with Crippen LogP contribution in [0.4, 0.5) is 0 Å². The molecule has 1 heterocycles. The summed E-state index contributed by atoms with van der Waals surface area (Å²) in [5, 5.41) is 21.2. The fraction of sp³-hybridized carbons (Fsp3) is 0.333. The van der Waals surface area contributed by atoms with Crippen molar-refractivity contribution < 1.29 is 9.90 Å². The van der Waals surface area contributed by atoms with Crippen molar-refractivity contribution in [1.29, 1.82) is 5.26 Å². The second kappa shape index (κ2) is 4.74. The predicted octanol–water partition coefficient (Wildman–Crippen LogP) is 1.33. The number of thiophene rings is 1. The first kappa shape index (κ1) is 10.7. The van der Waals surface area contributed by atoms with E-state index in [1.165, 1.54) is 16.2 Å². The molecule has 74 valence electrons. The molecule has 1 rings (SSSR count). The zero-order valence-electron chi connectivity index (χ0n) is 7.67. The summed E-state index contributed by atoms with van der Waals surface area (Å²) in [4.78, 5) is 12.0. The monoisotopic (exact) mass is 210 g/mol. The van der Waals surface area contributed by atoms with Gasteiger partial charge in [-0.3, -0.25) is 9.69 Å². The van der Waals surface area contributed by atoms with E-state index in [1.54, 1.807) is 7.05 Å². The third-order valence-electron chi connectivity index (χ3n) is 1.81. The highest BCUT2D eigenvalue weighted by Crippen LogP contribution is 2.20. The molecule has 0 radical (unpaired) electrons. The Bertz CT molecular complexity index is 342. The lowest BCUT2D eigenvalue weighted by Gasteiger charge is -2.19. The first-order valence-electron chi connectivity index (χ1n) is 3.99. The fourth-order valence-electron chi connectivity index (χ4n) is 1.16. The summed E-state index contributed by atoms with van der Waals surface area (Å²) in [6.45, 7) is -0.131. The smallest absolute Gasteiger partial charge is 0.317 e. The first-order chi connectivity index (χ1) is 6.65. The second-order valence-corrected chi connectivity index (χ2v) is 3.68. The van der Waals surface area contributed by atoms with Crippen molar-refractivity contribution in [2.45, 2.75) is 6.04 Å². The molecule has 0 amide bonds. The fourth-order valence-corrected chi connectivity index (χ4v) is 1.84. The van der Waals surface area contributed by atoms with E-state index >= 15 is 0 Å². The van der Waals surface area contributed by atoms with Crippen molar-refractivity contribution in [1.82, 2.24) is 4.90 Å². The van der Waals surface area contributed by atoms with Crippen molar-refractivity contribution in [3.8, 4) is 6.07 Å². The van der Waals surface area contributed by atoms with Crippen molar-refractivity contribution in [3.05, 3.63) is 22.4 Å². The molecule has 0 saturated heterocycles. The van der Waals surface area contributed by atoms with Gasteiger partial charge < -0.3 is 5.11 Å². The van der Waals surface area contributed by atoms with Gasteiger partial charge in [0, 0.05) is 0 Å². The van der Waals surface area contributed by atoms with Crippen LogP contribution in [-0.2, 0) is 4.79 Å². The van der Waals surface area contributed by atoms with Gasteiger partial charge >= 0.3 is 5.97 Å². The van der Waals surface area contributed by atoms with Gasteiger partial charge in [0.15, 0.2) is 0 Å². The van der Waals surface area contributed by atoms with Crippen LogP contribution in [0.1, 0.15) is 11.6 Å². The van der Waals surface area contributed by atoms with Crippen LogP contribution >= 0.6 is 11.3 Å². The highest BCUT2D eigenvalue weighted by Gasteiger charge is 2.18. The molecule has 0 aliphatic heterocycles. The standard InChI is InChI=1S/C9H10N2O2S/c1-11(5-9(12)13)8(4-10)7-2-3-14-6-7/h2-3,6,8H,5H2,1H3,(H,12,13). The van der Waals surface area contributed by atoms with Crippen molar-refractivity contribution in [2.75, 3.05) is 13.6 Å². The molecule has 4 nitrogen and oxygen atoms in total. The Morgan fingerprint density at radius 3 is 3.00 bits per heavy atom. The third kappa shape index (κ3) is 2.55. The van der Waals surface area contributed by atoms with Gasteiger partial charge in [-0.2, -0.15) is 16.6 Å². The summed E-state index contributed by atoms with van der Waals surface area (Å²) in [7, 11) is 1.62. The highest BCUT2D eigenvalue weighted by molar-refractivity contribution is 7.08. The van der Waals surface area contributed by atoms with E-state index in [-0.39, 0.29) is 6.54 Å². The van der Waals surface area contributed by atoms with Gasteiger partial charge in [-0.15, -0.1) is 0 Å². The van der Waals surface area contributed by atoms with Crippen LogP contribution in [0, 0.1) is 11.3 Å². The minimum atomic E-state index is -0.928. The molecular weight excluding hydrogens is 200 g/mol. The van der Waals surface area contributed by atoms with Crippen LogP contribution in [0.5, 0.6) is 0 Å². The van der Waals surface area contributed by atoms with Crippen LogP contribution < -0.4 is 0 Å². The maximum absolute atomic E-state index is 10.5. The Labute approximate surface area is 86.0 Å². The molecule has 0 bridgehead atoms. The number of aliphatic carboxylic acids is 1. The molecule has 5 heteroatoms. The molecule has 0 fully saturated rings. The topological polar surface area (TPSA) is 64.3 Å². The Morgan fingerprint density at radius 1 is 1.86 bits per heavy atom. The minimum absolute atomic E-state index is 0.131. The van der Waals surface area contributed by atoms with Gasteiger partial charge in [0.05, 0.1) is 12.6 Å². The molecule has 1 N–H and O–H groups in total. The SMILES string of the molecule is CN(CC(=O)O)C(C#N)c1ccsc1. The minimum Gasteiger partial charge on any atom is -0.480 e. The summed E-state index contributed by atoms with van der Waals surface area (Å²) in [6, 6.07) is 3.43. The van der Waals surface area contributed by atoms with E-state index in [0.717, 1.165) is 5.56 Å². The first-order valence-corrected chi connectivity index (χ1v) is 4.93. The number of carboxylic acid groups (broad SMARTS) is 1. The normalized spacial score (nSPS) is 12.4. The van der Waals surface area contributed by atoms with Crippen molar-refractivity contribution in [3.63, 3.8) is 0 Å². The average Bonchev–Trinajstić information content (AvgIpc) is 2.57. The Kier molecular flexibility index (Phi) is 3.63. The largest absolute Gasteiger partial charge is 0.480 e. The van der Waals surface area contributed by atoms with Crippen molar-refractivity contribution >= 4 is 17.3 Å². The van der Waals surface area contributed by atoms with E-state index in [0.29, 0.717) is 0 Å². The number of likely N-dealkylation sites (N-methyl/N-ethyl adjacent to an activating group) is 1. The van der Waals surface area contributed by atoms with E-state index in [2.05, 4.69) is 6.07 Å². The zero-order valence-corrected chi connectivity index (χ0v) is 8.49. The van der Waals surface area contributed by atoms with E-state index in [9.17, 15) is 4.79 Å². The van der Waals surface area contributed by atoms with Gasteiger partial charge in [0.25, 0.3) is 0 Å². The quantitative estimate of drug-likeness (QED) is 0.814. The lowest BCUT2D eigenvalue weighted by molar-refractivity contribution is -0.138. The molecule has 0 aromatic carbocycles. The van der Waals surface area contributed by atoms with Crippen LogP contribution in [0.15, 0.2) is 16.8 Å². The molecule has 1 unspecified atom stereocenters. The third-order valence-corrected chi connectivity index (χ3v) is 2.51. The highest BCUT2D eigenvalue weighted by atomic mass is 32.1.